The Morgan fingerprint density at radius 1 is 1.12 bits per heavy atom. The first-order valence-corrected chi connectivity index (χ1v) is 8.46. The molecular formula is C19H28N4O. The topological polar surface area (TPSA) is 59.0 Å². The fraction of sp³-hybridized carbons (Fsp3) is 0.474. The van der Waals surface area contributed by atoms with Gasteiger partial charge in [0.15, 0.2) is 0 Å². The predicted molar refractivity (Wildman–Crippen MR) is 96.7 cm³/mol. The van der Waals surface area contributed by atoms with Crippen LogP contribution in [0.3, 0.4) is 0 Å². The molecular weight excluding hydrogens is 300 g/mol. The lowest BCUT2D eigenvalue weighted by Gasteiger charge is -2.13. The smallest absolute Gasteiger partial charge is 0.315 e. The number of aromatic nitrogens is 2. The van der Waals surface area contributed by atoms with Gasteiger partial charge in [-0.2, -0.15) is 5.10 Å². The molecule has 5 heteroatoms. The van der Waals surface area contributed by atoms with Crippen LogP contribution in [-0.2, 0) is 26.6 Å². The van der Waals surface area contributed by atoms with Gasteiger partial charge in [-0.15, -0.1) is 0 Å². The average Bonchev–Trinajstić information content (AvgIpc) is 2.76. The molecule has 1 aromatic heterocycles. The Bertz CT molecular complexity index is 703. The quantitative estimate of drug-likeness (QED) is 0.855. The van der Waals surface area contributed by atoms with Gasteiger partial charge < -0.3 is 10.6 Å². The molecule has 1 aromatic carbocycles. The molecule has 130 valence electrons. The lowest BCUT2D eigenvalue weighted by molar-refractivity contribution is 0.240. The summed E-state index contributed by atoms with van der Waals surface area (Å²) in [5.41, 5.74) is 5.59. The summed E-state index contributed by atoms with van der Waals surface area (Å²) in [6, 6.07) is 8.12. The standard InChI is InChI=1S/C19H28N4O/c1-13(2)10-16-8-6-7-9-17(16)11-20-19(24)21-12-18-14(3)22-23(5)15(18)4/h6-9,13H,10-12H2,1-5H3,(H2,20,21,24). The van der Waals surface area contributed by atoms with Crippen LogP contribution in [-0.4, -0.2) is 15.8 Å². The molecule has 0 aliphatic heterocycles. The third-order valence-corrected chi connectivity index (χ3v) is 4.27. The minimum Gasteiger partial charge on any atom is -0.334 e. The normalized spacial score (nSPS) is 10.9. The van der Waals surface area contributed by atoms with E-state index >= 15 is 0 Å². The second kappa shape index (κ2) is 7.99. The number of nitrogens with one attached hydrogen (secondary N) is 2. The van der Waals surface area contributed by atoms with Crippen molar-refractivity contribution in [3.05, 3.63) is 52.3 Å². The lowest BCUT2D eigenvalue weighted by Crippen LogP contribution is -2.35. The number of carbonyl (C=O) groups excluding carboxylic acids is 1. The van der Waals surface area contributed by atoms with Crippen LogP contribution >= 0.6 is 0 Å². The molecule has 0 fully saturated rings. The van der Waals surface area contributed by atoms with Gasteiger partial charge in [0, 0.05) is 31.4 Å². The Balaban J connectivity index is 1.90. The van der Waals surface area contributed by atoms with Gasteiger partial charge >= 0.3 is 6.03 Å². The Morgan fingerprint density at radius 3 is 2.33 bits per heavy atom. The predicted octanol–water partition coefficient (Wildman–Crippen LogP) is 3.23. The molecule has 2 N–H and O–H groups in total. The van der Waals surface area contributed by atoms with E-state index in [1.807, 2.05) is 31.6 Å². The Morgan fingerprint density at radius 2 is 1.75 bits per heavy atom. The van der Waals surface area contributed by atoms with Gasteiger partial charge in [0.1, 0.15) is 0 Å². The van der Waals surface area contributed by atoms with Crippen LogP contribution in [0.15, 0.2) is 24.3 Å². The SMILES string of the molecule is Cc1nn(C)c(C)c1CNC(=O)NCc1ccccc1CC(C)C. The summed E-state index contributed by atoms with van der Waals surface area (Å²) >= 11 is 0. The first-order valence-electron chi connectivity index (χ1n) is 8.46. The Labute approximate surface area is 144 Å². The maximum Gasteiger partial charge on any atom is 0.315 e. The zero-order valence-corrected chi connectivity index (χ0v) is 15.3. The summed E-state index contributed by atoms with van der Waals surface area (Å²) in [7, 11) is 1.91. The number of aryl methyl sites for hydroxylation is 2. The number of benzene rings is 1. The molecule has 0 unspecified atom stereocenters. The molecule has 1 heterocycles. The van der Waals surface area contributed by atoms with Crippen molar-refractivity contribution < 1.29 is 4.79 Å². The van der Waals surface area contributed by atoms with Gasteiger partial charge in [-0.05, 0) is 37.3 Å². The van der Waals surface area contributed by atoms with Crippen LogP contribution in [0, 0.1) is 19.8 Å². The summed E-state index contributed by atoms with van der Waals surface area (Å²) in [5, 5.41) is 10.2. The number of rotatable bonds is 6. The van der Waals surface area contributed by atoms with Crippen LogP contribution in [0.5, 0.6) is 0 Å². The van der Waals surface area contributed by atoms with E-state index in [4.69, 9.17) is 0 Å². The van der Waals surface area contributed by atoms with Crippen molar-refractivity contribution in [1.82, 2.24) is 20.4 Å². The first kappa shape index (κ1) is 18.0. The van der Waals surface area contributed by atoms with Crippen LogP contribution in [0.1, 0.15) is 41.9 Å². The molecule has 2 aromatic rings. The number of hydrogen-bond donors (Lipinski definition) is 2. The van der Waals surface area contributed by atoms with Crippen LogP contribution in [0.2, 0.25) is 0 Å². The second-order valence-corrected chi connectivity index (χ2v) is 6.68. The molecule has 0 atom stereocenters. The van der Waals surface area contributed by atoms with Crippen molar-refractivity contribution >= 4 is 6.03 Å². The van der Waals surface area contributed by atoms with Gasteiger partial charge in [-0.1, -0.05) is 38.1 Å². The van der Waals surface area contributed by atoms with E-state index in [1.165, 1.54) is 11.1 Å². The van der Waals surface area contributed by atoms with Crippen LogP contribution in [0.25, 0.3) is 0 Å². The maximum atomic E-state index is 12.1. The van der Waals surface area contributed by atoms with Gasteiger partial charge in [0.05, 0.1) is 5.69 Å². The van der Waals surface area contributed by atoms with E-state index in [1.54, 1.807) is 0 Å². The van der Waals surface area contributed by atoms with Crippen LogP contribution < -0.4 is 10.6 Å². The number of urea groups is 1. The molecule has 0 aliphatic carbocycles. The van der Waals surface area contributed by atoms with E-state index in [-0.39, 0.29) is 6.03 Å². The second-order valence-electron chi connectivity index (χ2n) is 6.68. The zero-order valence-electron chi connectivity index (χ0n) is 15.3. The summed E-state index contributed by atoms with van der Waals surface area (Å²) in [6.07, 6.45) is 1.02. The zero-order chi connectivity index (χ0) is 17.7. The van der Waals surface area contributed by atoms with E-state index in [9.17, 15) is 4.79 Å². The molecule has 0 spiro atoms. The monoisotopic (exact) mass is 328 g/mol. The summed E-state index contributed by atoms with van der Waals surface area (Å²) in [4.78, 5) is 12.1. The van der Waals surface area contributed by atoms with Crippen molar-refractivity contribution in [3.8, 4) is 0 Å². The van der Waals surface area contributed by atoms with Gasteiger partial charge in [0.2, 0.25) is 0 Å². The molecule has 5 nitrogen and oxygen atoms in total. The number of nitrogens with zero attached hydrogens (tertiary/aromatic N) is 2. The molecule has 0 saturated carbocycles. The van der Waals surface area contributed by atoms with Gasteiger partial charge in [-0.25, -0.2) is 4.79 Å². The highest BCUT2D eigenvalue weighted by Gasteiger charge is 2.11. The average molecular weight is 328 g/mol. The van der Waals surface area contributed by atoms with Crippen LogP contribution in [0.4, 0.5) is 4.79 Å². The molecule has 24 heavy (non-hydrogen) atoms. The first-order chi connectivity index (χ1) is 11.4. The van der Waals surface area contributed by atoms with E-state index in [2.05, 4.69) is 47.8 Å². The molecule has 0 radical (unpaired) electrons. The lowest BCUT2D eigenvalue weighted by atomic mass is 9.98. The number of amides is 2. The summed E-state index contributed by atoms with van der Waals surface area (Å²) < 4.78 is 1.84. The van der Waals surface area contributed by atoms with Gasteiger partial charge in [-0.3, -0.25) is 4.68 Å². The number of hydrogen-bond acceptors (Lipinski definition) is 2. The third-order valence-electron chi connectivity index (χ3n) is 4.27. The van der Waals surface area contributed by atoms with E-state index < -0.39 is 0 Å². The number of carbonyl (C=O) groups is 1. The van der Waals surface area contributed by atoms with E-state index in [0.717, 1.165) is 23.4 Å². The minimum atomic E-state index is -0.156. The molecule has 2 rings (SSSR count). The molecule has 0 saturated heterocycles. The molecule has 0 aliphatic rings. The summed E-state index contributed by atoms with van der Waals surface area (Å²) in [5.74, 6) is 0.594. The largest absolute Gasteiger partial charge is 0.334 e. The highest BCUT2D eigenvalue weighted by atomic mass is 16.2. The van der Waals surface area contributed by atoms with Crippen molar-refractivity contribution in [2.45, 2.75) is 47.2 Å². The van der Waals surface area contributed by atoms with Gasteiger partial charge in [0.25, 0.3) is 0 Å². The van der Waals surface area contributed by atoms with Crippen molar-refractivity contribution in [2.75, 3.05) is 0 Å². The third kappa shape index (κ3) is 4.60. The maximum absolute atomic E-state index is 12.1. The Kier molecular flexibility index (Phi) is 6.01. The van der Waals surface area contributed by atoms with E-state index in [0.29, 0.717) is 19.0 Å². The van der Waals surface area contributed by atoms with Crippen molar-refractivity contribution in [2.24, 2.45) is 13.0 Å². The highest BCUT2D eigenvalue weighted by molar-refractivity contribution is 5.73. The minimum absolute atomic E-state index is 0.156. The fourth-order valence-electron chi connectivity index (χ4n) is 2.85. The summed E-state index contributed by atoms with van der Waals surface area (Å²) in [6.45, 7) is 9.41. The Hall–Kier alpha value is -2.30. The van der Waals surface area contributed by atoms with Crippen molar-refractivity contribution in [1.29, 1.82) is 0 Å². The molecule has 2 amide bonds. The molecule has 0 bridgehead atoms. The highest BCUT2D eigenvalue weighted by Crippen LogP contribution is 2.14. The van der Waals surface area contributed by atoms with Crippen molar-refractivity contribution in [3.63, 3.8) is 0 Å². The fourth-order valence-corrected chi connectivity index (χ4v) is 2.85.